The third-order valence-electron chi connectivity index (χ3n) is 3.64. The third kappa shape index (κ3) is 1.10. The Bertz CT molecular complexity index is 887. The summed E-state index contributed by atoms with van der Waals surface area (Å²) in [4.78, 5) is 4.54. The van der Waals surface area contributed by atoms with Crippen molar-refractivity contribution in [2.75, 3.05) is 0 Å². The van der Waals surface area contributed by atoms with Crippen LogP contribution in [0.2, 0.25) is 0 Å². The van der Waals surface area contributed by atoms with Gasteiger partial charge in [-0.25, -0.2) is 0 Å². The minimum atomic E-state index is 1.08. The van der Waals surface area contributed by atoms with Crippen molar-refractivity contribution in [3.63, 3.8) is 0 Å². The normalized spacial score (nSPS) is 11.6. The summed E-state index contributed by atoms with van der Waals surface area (Å²) in [6, 6.07) is 16.9. The van der Waals surface area contributed by atoms with Gasteiger partial charge in [-0.2, -0.15) is 0 Å². The Kier molecular flexibility index (Phi) is 1.78. The van der Waals surface area contributed by atoms with Gasteiger partial charge in [0.05, 0.1) is 11.0 Å². The van der Waals surface area contributed by atoms with Crippen LogP contribution in [0.15, 0.2) is 54.7 Å². The molecule has 2 aromatic carbocycles. The van der Waals surface area contributed by atoms with Crippen LogP contribution in [0.1, 0.15) is 0 Å². The molecular formula is C16H12N2. The molecule has 2 heteroatoms. The van der Waals surface area contributed by atoms with Gasteiger partial charge in [-0.1, -0.05) is 36.4 Å². The molecule has 0 amide bonds. The minimum Gasteiger partial charge on any atom is -0.342 e. The molecule has 0 saturated carbocycles. The molecule has 18 heavy (non-hydrogen) atoms. The van der Waals surface area contributed by atoms with Crippen LogP contribution in [0, 0.1) is 0 Å². The van der Waals surface area contributed by atoms with Crippen molar-refractivity contribution in [2.24, 2.45) is 7.05 Å². The van der Waals surface area contributed by atoms with Crippen molar-refractivity contribution in [2.45, 2.75) is 0 Å². The van der Waals surface area contributed by atoms with Crippen molar-refractivity contribution >= 4 is 32.7 Å². The lowest BCUT2D eigenvalue weighted by Gasteiger charge is -2.01. The van der Waals surface area contributed by atoms with E-state index in [4.69, 9.17) is 0 Å². The SMILES string of the molecule is Cn1c2ccccc2c2ccc3cccnc3c21. The highest BCUT2D eigenvalue weighted by Gasteiger charge is 2.10. The van der Waals surface area contributed by atoms with E-state index < -0.39 is 0 Å². The predicted molar refractivity (Wildman–Crippen MR) is 75.7 cm³/mol. The second kappa shape index (κ2) is 3.33. The molecule has 0 aliphatic carbocycles. The minimum absolute atomic E-state index is 1.08. The molecule has 86 valence electrons. The molecule has 0 unspecified atom stereocenters. The number of aryl methyl sites for hydroxylation is 1. The number of hydrogen-bond donors (Lipinski definition) is 0. The Morgan fingerprint density at radius 2 is 1.78 bits per heavy atom. The smallest absolute Gasteiger partial charge is 0.0945 e. The van der Waals surface area contributed by atoms with Crippen LogP contribution in [0.4, 0.5) is 0 Å². The van der Waals surface area contributed by atoms with Gasteiger partial charge in [-0.3, -0.25) is 4.98 Å². The van der Waals surface area contributed by atoms with Crippen molar-refractivity contribution in [1.29, 1.82) is 0 Å². The van der Waals surface area contributed by atoms with Gasteiger partial charge in [0.1, 0.15) is 0 Å². The Hall–Kier alpha value is -2.35. The maximum absolute atomic E-state index is 4.54. The average Bonchev–Trinajstić information content (AvgIpc) is 2.73. The molecule has 0 spiro atoms. The van der Waals surface area contributed by atoms with Gasteiger partial charge < -0.3 is 4.57 Å². The molecule has 2 nitrogen and oxygen atoms in total. The topological polar surface area (TPSA) is 17.8 Å². The second-order valence-corrected chi connectivity index (χ2v) is 4.61. The molecular weight excluding hydrogens is 220 g/mol. The number of rotatable bonds is 0. The molecule has 4 aromatic rings. The van der Waals surface area contributed by atoms with Gasteiger partial charge >= 0.3 is 0 Å². The summed E-state index contributed by atoms with van der Waals surface area (Å²) in [7, 11) is 2.11. The van der Waals surface area contributed by atoms with E-state index in [0.717, 1.165) is 5.52 Å². The van der Waals surface area contributed by atoms with Crippen LogP contribution in [0.5, 0.6) is 0 Å². The molecule has 2 aromatic heterocycles. The lowest BCUT2D eigenvalue weighted by Crippen LogP contribution is -1.89. The molecule has 0 aliphatic heterocycles. The number of nitrogens with zero attached hydrogens (tertiary/aromatic N) is 2. The van der Waals surface area contributed by atoms with E-state index in [0.29, 0.717) is 0 Å². The third-order valence-corrected chi connectivity index (χ3v) is 3.64. The van der Waals surface area contributed by atoms with Crippen molar-refractivity contribution in [3.8, 4) is 0 Å². The molecule has 0 radical (unpaired) electrons. The van der Waals surface area contributed by atoms with E-state index in [-0.39, 0.29) is 0 Å². The fraction of sp³-hybridized carbons (Fsp3) is 0.0625. The average molecular weight is 232 g/mol. The maximum atomic E-state index is 4.54. The Labute approximate surface area is 104 Å². The van der Waals surface area contributed by atoms with Gasteiger partial charge in [0.15, 0.2) is 0 Å². The molecule has 0 aliphatic rings. The fourth-order valence-corrected chi connectivity index (χ4v) is 2.80. The van der Waals surface area contributed by atoms with E-state index in [9.17, 15) is 0 Å². The van der Waals surface area contributed by atoms with Crippen LogP contribution >= 0.6 is 0 Å². The van der Waals surface area contributed by atoms with Crippen molar-refractivity contribution < 1.29 is 0 Å². The van der Waals surface area contributed by atoms with Crippen LogP contribution in [-0.4, -0.2) is 9.55 Å². The highest BCUT2D eigenvalue weighted by molar-refractivity contribution is 6.16. The van der Waals surface area contributed by atoms with E-state index >= 15 is 0 Å². The monoisotopic (exact) mass is 232 g/mol. The number of aromatic nitrogens is 2. The first-order valence-electron chi connectivity index (χ1n) is 6.07. The van der Waals surface area contributed by atoms with Crippen LogP contribution in [0.3, 0.4) is 0 Å². The zero-order chi connectivity index (χ0) is 12.1. The Morgan fingerprint density at radius 3 is 2.72 bits per heavy atom. The highest BCUT2D eigenvalue weighted by Crippen LogP contribution is 2.31. The van der Waals surface area contributed by atoms with Gasteiger partial charge in [-0.15, -0.1) is 0 Å². The summed E-state index contributed by atoms with van der Waals surface area (Å²) in [5, 5.41) is 3.76. The van der Waals surface area contributed by atoms with E-state index in [1.54, 1.807) is 0 Å². The van der Waals surface area contributed by atoms with E-state index in [1.165, 1.54) is 27.2 Å². The summed E-state index contributed by atoms with van der Waals surface area (Å²) >= 11 is 0. The first kappa shape index (κ1) is 9.66. The predicted octanol–water partition coefficient (Wildman–Crippen LogP) is 3.88. The van der Waals surface area contributed by atoms with Crippen molar-refractivity contribution in [3.05, 3.63) is 54.7 Å². The number of benzene rings is 2. The summed E-state index contributed by atoms with van der Waals surface area (Å²) in [5.74, 6) is 0. The summed E-state index contributed by atoms with van der Waals surface area (Å²) < 4.78 is 2.24. The molecule has 0 N–H and O–H groups in total. The molecule has 4 rings (SSSR count). The van der Waals surface area contributed by atoms with Crippen molar-refractivity contribution in [1.82, 2.24) is 9.55 Å². The number of fused-ring (bicyclic) bond motifs is 5. The fourth-order valence-electron chi connectivity index (χ4n) is 2.80. The second-order valence-electron chi connectivity index (χ2n) is 4.61. The molecule has 2 heterocycles. The standard InChI is InChI=1S/C16H12N2/c1-18-14-7-3-2-6-12(14)13-9-8-11-5-4-10-17-15(11)16(13)18/h2-10H,1H3. The highest BCUT2D eigenvalue weighted by atomic mass is 14.9. The lowest BCUT2D eigenvalue weighted by molar-refractivity contribution is 1.02. The summed E-state index contributed by atoms with van der Waals surface area (Å²) in [6.07, 6.45) is 1.86. The Morgan fingerprint density at radius 1 is 0.889 bits per heavy atom. The largest absolute Gasteiger partial charge is 0.342 e. The number of hydrogen-bond acceptors (Lipinski definition) is 1. The molecule has 0 bridgehead atoms. The van der Waals surface area contributed by atoms with Gasteiger partial charge in [-0.05, 0) is 12.1 Å². The first-order chi connectivity index (χ1) is 8.86. The quantitative estimate of drug-likeness (QED) is 0.450. The number of pyridine rings is 1. The zero-order valence-electron chi connectivity index (χ0n) is 10.1. The van der Waals surface area contributed by atoms with Gasteiger partial charge in [0.25, 0.3) is 0 Å². The first-order valence-corrected chi connectivity index (χ1v) is 6.07. The number of para-hydroxylation sites is 1. The van der Waals surface area contributed by atoms with Crippen LogP contribution < -0.4 is 0 Å². The molecule has 0 atom stereocenters. The summed E-state index contributed by atoms with van der Waals surface area (Å²) in [6.45, 7) is 0. The maximum Gasteiger partial charge on any atom is 0.0945 e. The summed E-state index contributed by atoms with van der Waals surface area (Å²) in [5.41, 5.74) is 3.55. The lowest BCUT2D eigenvalue weighted by atomic mass is 10.1. The molecule has 0 saturated heterocycles. The van der Waals surface area contributed by atoms with Crippen LogP contribution in [0.25, 0.3) is 32.7 Å². The molecule has 0 fully saturated rings. The zero-order valence-corrected chi connectivity index (χ0v) is 10.1. The van der Waals surface area contributed by atoms with Gasteiger partial charge in [0.2, 0.25) is 0 Å². The van der Waals surface area contributed by atoms with Crippen LogP contribution in [-0.2, 0) is 7.05 Å². The van der Waals surface area contributed by atoms with E-state index in [1.807, 2.05) is 12.3 Å². The Balaban J connectivity index is 2.39. The van der Waals surface area contributed by atoms with Gasteiger partial charge in [0, 0.05) is 34.9 Å². The van der Waals surface area contributed by atoms with E-state index in [2.05, 4.69) is 59.1 Å².